The summed E-state index contributed by atoms with van der Waals surface area (Å²) in [6.45, 7) is 0.542. The highest BCUT2D eigenvalue weighted by molar-refractivity contribution is 7.89. The van der Waals surface area contributed by atoms with Gasteiger partial charge in [-0.15, -0.1) is 0 Å². The second-order valence-electron chi connectivity index (χ2n) is 7.92. The summed E-state index contributed by atoms with van der Waals surface area (Å²) in [6, 6.07) is 15.5. The normalized spacial score (nSPS) is 20.1. The lowest BCUT2D eigenvalue weighted by Gasteiger charge is -2.28. The highest BCUT2D eigenvalue weighted by atomic mass is 32.2. The number of amides is 1. The van der Waals surface area contributed by atoms with Crippen LogP contribution in [-0.4, -0.2) is 39.6 Å². The number of carbonyl (C=O) groups excluding carboxylic acids is 1. The van der Waals surface area contributed by atoms with Gasteiger partial charge in [0.15, 0.2) is 0 Å². The number of benzene rings is 2. The van der Waals surface area contributed by atoms with Crippen molar-refractivity contribution in [1.82, 2.24) is 10.0 Å². The van der Waals surface area contributed by atoms with Crippen LogP contribution in [0.15, 0.2) is 59.5 Å². The standard InChI is InChI=1S/C23H30N2O5S/c1-30-20-11-13-21(14-12-20)31(28,29)25-15-17-7-9-19(10-8-17)23(27)24-16-22(26)18-5-3-2-4-6-18/h2-6,11-14,17,19,22,25-26H,7-10,15-16H2,1H3,(H,24,27)/t17?,19?,22-/m0/s1. The second kappa shape index (κ2) is 10.7. The first-order chi connectivity index (χ1) is 14.9. The van der Waals surface area contributed by atoms with Crippen molar-refractivity contribution in [2.45, 2.75) is 36.7 Å². The lowest BCUT2D eigenvalue weighted by Crippen LogP contribution is -2.37. The van der Waals surface area contributed by atoms with Crippen LogP contribution in [0.5, 0.6) is 5.75 Å². The maximum absolute atomic E-state index is 12.5. The molecule has 3 rings (SSSR count). The van der Waals surface area contributed by atoms with Gasteiger partial charge in [0.25, 0.3) is 0 Å². The molecule has 1 saturated carbocycles. The van der Waals surface area contributed by atoms with Crippen LogP contribution in [0.2, 0.25) is 0 Å². The van der Waals surface area contributed by atoms with E-state index < -0.39 is 16.1 Å². The number of nitrogens with one attached hydrogen (secondary N) is 2. The molecule has 0 bridgehead atoms. The molecule has 2 aromatic carbocycles. The van der Waals surface area contributed by atoms with Crippen molar-refractivity contribution in [3.63, 3.8) is 0 Å². The summed E-state index contributed by atoms with van der Waals surface area (Å²) in [5, 5.41) is 13.0. The molecule has 7 nitrogen and oxygen atoms in total. The van der Waals surface area contributed by atoms with E-state index in [1.54, 1.807) is 12.1 Å². The van der Waals surface area contributed by atoms with Gasteiger partial charge >= 0.3 is 0 Å². The Balaban J connectivity index is 1.41. The second-order valence-corrected chi connectivity index (χ2v) is 9.68. The predicted molar refractivity (Wildman–Crippen MR) is 118 cm³/mol. The number of carbonyl (C=O) groups is 1. The quantitative estimate of drug-likeness (QED) is 0.549. The van der Waals surface area contributed by atoms with E-state index in [1.165, 1.54) is 19.2 Å². The third-order valence-corrected chi connectivity index (χ3v) is 7.24. The summed E-state index contributed by atoms with van der Waals surface area (Å²) < 4.78 is 32.7. The first-order valence-corrected chi connectivity index (χ1v) is 12.0. The van der Waals surface area contributed by atoms with Crippen LogP contribution < -0.4 is 14.8 Å². The minimum absolute atomic E-state index is 0.0488. The molecule has 0 aliphatic heterocycles. The lowest BCUT2D eigenvalue weighted by molar-refractivity contribution is -0.126. The van der Waals surface area contributed by atoms with Crippen LogP contribution in [0.4, 0.5) is 0 Å². The number of hydrogen-bond acceptors (Lipinski definition) is 5. The predicted octanol–water partition coefficient (Wildman–Crippen LogP) is 2.63. The van der Waals surface area contributed by atoms with Crippen LogP contribution in [0.25, 0.3) is 0 Å². The molecule has 0 spiro atoms. The number of methoxy groups -OCH3 is 1. The number of ether oxygens (including phenoxy) is 1. The van der Waals surface area contributed by atoms with Crippen molar-refractivity contribution in [2.75, 3.05) is 20.2 Å². The zero-order valence-corrected chi connectivity index (χ0v) is 18.5. The summed E-state index contributed by atoms with van der Waals surface area (Å²) in [4.78, 5) is 12.7. The number of aliphatic hydroxyl groups excluding tert-OH is 1. The molecule has 1 fully saturated rings. The van der Waals surface area contributed by atoms with Crippen LogP contribution in [-0.2, 0) is 14.8 Å². The Morgan fingerprint density at radius 1 is 1.06 bits per heavy atom. The fourth-order valence-electron chi connectivity index (χ4n) is 3.83. The Hall–Kier alpha value is -2.42. The molecule has 1 atom stereocenters. The van der Waals surface area contributed by atoms with Gasteiger partial charge in [-0.3, -0.25) is 4.79 Å². The van der Waals surface area contributed by atoms with Gasteiger partial charge in [0.1, 0.15) is 5.75 Å². The highest BCUT2D eigenvalue weighted by Gasteiger charge is 2.27. The van der Waals surface area contributed by atoms with E-state index in [0.717, 1.165) is 18.4 Å². The van der Waals surface area contributed by atoms with Gasteiger partial charge in [-0.25, -0.2) is 13.1 Å². The molecule has 0 aromatic heterocycles. The molecular weight excluding hydrogens is 416 g/mol. The number of aliphatic hydroxyl groups is 1. The Morgan fingerprint density at radius 2 is 1.71 bits per heavy atom. The molecular formula is C23H30N2O5S. The van der Waals surface area contributed by atoms with Gasteiger partial charge in [-0.05, 0) is 61.4 Å². The summed E-state index contributed by atoms with van der Waals surface area (Å²) in [6.07, 6.45) is 2.26. The molecule has 0 saturated heterocycles. The van der Waals surface area contributed by atoms with Crippen molar-refractivity contribution in [3.05, 3.63) is 60.2 Å². The molecule has 168 valence electrons. The molecule has 2 aromatic rings. The minimum atomic E-state index is -3.57. The third-order valence-electron chi connectivity index (χ3n) is 5.80. The van der Waals surface area contributed by atoms with Gasteiger partial charge in [-0.1, -0.05) is 30.3 Å². The van der Waals surface area contributed by atoms with E-state index in [-0.39, 0.29) is 29.2 Å². The molecule has 8 heteroatoms. The van der Waals surface area contributed by atoms with Crippen LogP contribution >= 0.6 is 0 Å². The van der Waals surface area contributed by atoms with Gasteiger partial charge in [0.05, 0.1) is 18.1 Å². The Bertz CT molecular complexity index is 940. The lowest BCUT2D eigenvalue weighted by atomic mass is 9.81. The molecule has 1 aliphatic rings. The van der Waals surface area contributed by atoms with Gasteiger partial charge in [0.2, 0.25) is 15.9 Å². The Labute approximate surface area is 183 Å². The molecule has 0 radical (unpaired) electrons. The molecule has 0 unspecified atom stereocenters. The van der Waals surface area contributed by atoms with Crippen molar-refractivity contribution >= 4 is 15.9 Å². The maximum atomic E-state index is 12.5. The van der Waals surface area contributed by atoms with Crippen molar-refractivity contribution in [1.29, 1.82) is 0 Å². The molecule has 31 heavy (non-hydrogen) atoms. The SMILES string of the molecule is COc1ccc(S(=O)(=O)NCC2CCC(C(=O)NC[C@H](O)c3ccccc3)CC2)cc1. The summed E-state index contributed by atoms with van der Waals surface area (Å²) in [5.41, 5.74) is 0.774. The Kier molecular flexibility index (Phi) is 8.06. The molecule has 3 N–H and O–H groups in total. The van der Waals surface area contributed by atoms with Crippen molar-refractivity contribution < 1.29 is 23.1 Å². The van der Waals surface area contributed by atoms with Gasteiger partial charge < -0.3 is 15.2 Å². The number of sulfonamides is 1. The average Bonchev–Trinajstić information content (AvgIpc) is 2.82. The first-order valence-electron chi connectivity index (χ1n) is 10.5. The summed E-state index contributed by atoms with van der Waals surface area (Å²) >= 11 is 0. The van der Waals surface area contributed by atoms with Crippen molar-refractivity contribution in [3.8, 4) is 5.75 Å². The van der Waals surface area contributed by atoms with Crippen LogP contribution in [0, 0.1) is 11.8 Å². The van der Waals surface area contributed by atoms with E-state index in [4.69, 9.17) is 4.74 Å². The maximum Gasteiger partial charge on any atom is 0.240 e. The summed E-state index contributed by atoms with van der Waals surface area (Å²) in [7, 11) is -2.04. The van der Waals surface area contributed by atoms with Crippen molar-refractivity contribution in [2.24, 2.45) is 11.8 Å². The smallest absolute Gasteiger partial charge is 0.240 e. The molecule has 1 amide bonds. The van der Waals surface area contributed by atoms with E-state index >= 15 is 0 Å². The largest absolute Gasteiger partial charge is 0.497 e. The molecule has 0 heterocycles. The minimum Gasteiger partial charge on any atom is -0.497 e. The zero-order chi connectivity index (χ0) is 22.3. The first kappa shape index (κ1) is 23.2. The van der Waals surface area contributed by atoms with E-state index in [2.05, 4.69) is 10.0 Å². The van der Waals surface area contributed by atoms with E-state index in [9.17, 15) is 18.3 Å². The highest BCUT2D eigenvalue weighted by Crippen LogP contribution is 2.29. The Morgan fingerprint density at radius 3 is 2.32 bits per heavy atom. The van der Waals surface area contributed by atoms with Crippen LogP contribution in [0.1, 0.15) is 37.4 Å². The van der Waals surface area contributed by atoms with Crippen LogP contribution in [0.3, 0.4) is 0 Å². The fraction of sp³-hybridized carbons (Fsp3) is 0.435. The monoisotopic (exact) mass is 446 g/mol. The van der Waals surface area contributed by atoms with Gasteiger partial charge in [-0.2, -0.15) is 0 Å². The summed E-state index contributed by atoms with van der Waals surface area (Å²) in [5.74, 6) is 0.656. The topological polar surface area (TPSA) is 105 Å². The number of hydrogen-bond donors (Lipinski definition) is 3. The van der Waals surface area contributed by atoms with E-state index in [1.807, 2.05) is 30.3 Å². The average molecular weight is 447 g/mol. The number of rotatable bonds is 9. The van der Waals surface area contributed by atoms with E-state index in [0.29, 0.717) is 25.1 Å². The molecule has 1 aliphatic carbocycles. The fourth-order valence-corrected chi connectivity index (χ4v) is 4.95. The zero-order valence-electron chi connectivity index (χ0n) is 17.7. The van der Waals surface area contributed by atoms with Gasteiger partial charge in [0, 0.05) is 19.0 Å². The third kappa shape index (κ3) is 6.53.